The zero-order chi connectivity index (χ0) is 5.98. The molecule has 1 radical (unpaired) electrons. The fraction of sp³-hybridized carbons (Fsp3) is 0. The average Bonchev–Trinajstić information content (AvgIpc) is 1.77. The van der Waals surface area contributed by atoms with E-state index in [0.29, 0.717) is 5.82 Å². The summed E-state index contributed by atoms with van der Waals surface area (Å²) >= 11 is 0. The van der Waals surface area contributed by atoms with E-state index < -0.39 is 0 Å². The highest BCUT2D eigenvalue weighted by atomic mass is 16.3. The largest absolute Gasteiger partial charge is 0.505 e. The summed E-state index contributed by atoms with van der Waals surface area (Å²) in [6.45, 7) is 3.43. The predicted molar refractivity (Wildman–Crippen MR) is 28.2 cm³/mol. The summed E-state index contributed by atoms with van der Waals surface area (Å²) in [6.07, 6.45) is 2.60. The molecule has 41 valence electrons. The lowest BCUT2D eigenvalue weighted by atomic mass is 10.6. The molecular weight excluding hydrogens is 104 g/mol. The fourth-order valence-electron chi connectivity index (χ4n) is 0.348. The summed E-state index contributed by atoms with van der Waals surface area (Å²) in [5.41, 5.74) is 0. The molecule has 0 aliphatic heterocycles. The number of hydrogen-bond acceptors (Lipinski definition) is 3. The summed E-state index contributed by atoms with van der Waals surface area (Å²) in [7, 11) is 0. The first-order valence-corrected chi connectivity index (χ1v) is 2.12. The molecule has 0 aliphatic rings. The Balaban J connectivity index is 3.03. The number of nitrogens with zero attached hydrogens (tertiary/aromatic N) is 2. The third-order valence-electron chi connectivity index (χ3n) is 0.692. The smallest absolute Gasteiger partial charge is 0.152 e. The summed E-state index contributed by atoms with van der Waals surface area (Å²) < 4.78 is 0. The van der Waals surface area contributed by atoms with E-state index in [4.69, 9.17) is 5.11 Å². The molecular formula is C5H5N2O. The van der Waals surface area contributed by atoms with Crippen LogP contribution in [0, 0.1) is 6.92 Å². The monoisotopic (exact) mass is 109 g/mol. The van der Waals surface area contributed by atoms with Gasteiger partial charge in [0.25, 0.3) is 0 Å². The van der Waals surface area contributed by atoms with E-state index in [1.807, 2.05) is 0 Å². The Morgan fingerprint density at radius 1 is 1.38 bits per heavy atom. The first kappa shape index (κ1) is 5.03. The number of aromatic hydroxyl groups is 1. The van der Waals surface area contributed by atoms with Crippen LogP contribution < -0.4 is 0 Å². The maximum absolute atomic E-state index is 8.60. The van der Waals surface area contributed by atoms with E-state index in [1.165, 1.54) is 12.4 Å². The van der Waals surface area contributed by atoms with Crippen LogP contribution in [0.25, 0.3) is 0 Å². The Morgan fingerprint density at radius 2 is 1.88 bits per heavy atom. The molecule has 0 aliphatic carbocycles. The van der Waals surface area contributed by atoms with E-state index in [-0.39, 0.29) is 5.75 Å². The second-order valence-corrected chi connectivity index (χ2v) is 1.36. The summed E-state index contributed by atoms with van der Waals surface area (Å²) in [6, 6.07) is 0. The zero-order valence-electron chi connectivity index (χ0n) is 4.20. The lowest BCUT2D eigenvalue weighted by molar-refractivity contribution is 0.469. The molecule has 0 bridgehead atoms. The maximum Gasteiger partial charge on any atom is 0.152 e. The highest BCUT2D eigenvalue weighted by molar-refractivity contribution is 5.10. The molecule has 0 aromatic carbocycles. The minimum atomic E-state index is 0.0670. The van der Waals surface area contributed by atoms with E-state index >= 15 is 0 Å². The van der Waals surface area contributed by atoms with Crippen molar-refractivity contribution in [3.05, 3.63) is 25.1 Å². The predicted octanol–water partition coefficient (Wildman–Crippen LogP) is 0.364. The van der Waals surface area contributed by atoms with E-state index in [1.54, 1.807) is 0 Å². The molecule has 3 nitrogen and oxygen atoms in total. The number of aromatic nitrogens is 2. The molecule has 8 heavy (non-hydrogen) atoms. The molecule has 0 atom stereocenters. The van der Waals surface area contributed by atoms with Crippen molar-refractivity contribution in [3.63, 3.8) is 0 Å². The standard InChI is InChI=1S/C5H5N2O/c1-4-6-2-5(8)3-7-4/h2-3,8H,1H2. The Kier molecular flexibility index (Phi) is 1.12. The van der Waals surface area contributed by atoms with Crippen LogP contribution in [0.2, 0.25) is 0 Å². The molecule has 1 aromatic rings. The van der Waals surface area contributed by atoms with Gasteiger partial charge in [-0.2, -0.15) is 0 Å². The third-order valence-corrected chi connectivity index (χ3v) is 0.692. The Morgan fingerprint density at radius 3 is 2.25 bits per heavy atom. The van der Waals surface area contributed by atoms with Crippen LogP contribution in [0.5, 0.6) is 5.75 Å². The molecule has 0 unspecified atom stereocenters. The number of rotatable bonds is 0. The molecule has 0 fully saturated rings. The van der Waals surface area contributed by atoms with Gasteiger partial charge in [0.1, 0.15) is 5.82 Å². The van der Waals surface area contributed by atoms with Gasteiger partial charge in [-0.15, -0.1) is 0 Å². The van der Waals surface area contributed by atoms with Crippen molar-refractivity contribution >= 4 is 0 Å². The molecule has 3 heteroatoms. The first-order valence-electron chi connectivity index (χ1n) is 2.12. The van der Waals surface area contributed by atoms with Crippen LogP contribution in [-0.2, 0) is 0 Å². The summed E-state index contributed by atoms with van der Waals surface area (Å²) in [4.78, 5) is 7.21. The molecule has 0 amide bonds. The average molecular weight is 109 g/mol. The van der Waals surface area contributed by atoms with Crippen molar-refractivity contribution in [1.29, 1.82) is 0 Å². The molecule has 1 rings (SSSR count). The Bertz CT molecular complexity index is 149. The lowest BCUT2D eigenvalue weighted by Gasteiger charge is -1.87. The van der Waals surface area contributed by atoms with Crippen molar-refractivity contribution in [2.45, 2.75) is 0 Å². The van der Waals surface area contributed by atoms with Gasteiger partial charge in [0.05, 0.1) is 12.4 Å². The van der Waals surface area contributed by atoms with Gasteiger partial charge in [-0.1, -0.05) is 0 Å². The second-order valence-electron chi connectivity index (χ2n) is 1.36. The van der Waals surface area contributed by atoms with E-state index in [2.05, 4.69) is 16.9 Å². The van der Waals surface area contributed by atoms with Crippen molar-refractivity contribution in [3.8, 4) is 5.75 Å². The summed E-state index contributed by atoms with van der Waals surface area (Å²) in [5, 5.41) is 8.60. The molecule has 0 spiro atoms. The molecule has 0 saturated heterocycles. The zero-order valence-corrected chi connectivity index (χ0v) is 4.20. The SMILES string of the molecule is [CH2]c1ncc(O)cn1. The second kappa shape index (κ2) is 1.78. The van der Waals surface area contributed by atoms with Crippen LogP contribution in [0.3, 0.4) is 0 Å². The fourth-order valence-corrected chi connectivity index (χ4v) is 0.348. The van der Waals surface area contributed by atoms with Gasteiger partial charge >= 0.3 is 0 Å². The Labute approximate surface area is 47.0 Å². The van der Waals surface area contributed by atoms with Gasteiger partial charge in [-0.25, -0.2) is 9.97 Å². The van der Waals surface area contributed by atoms with Gasteiger partial charge in [-0.05, 0) is 0 Å². The quantitative estimate of drug-likeness (QED) is 0.523. The van der Waals surface area contributed by atoms with Gasteiger partial charge in [0.2, 0.25) is 0 Å². The first-order chi connectivity index (χ1) is 3.79. The van der Waals surface area contributed by atoms with E-state index in [0.717, 1.165) is 0 Å². The molecule has 1 aromatic heterocycles. The van der Waals surface area contributed by atoms with Crippen molar-refractivity contribution in [2.24, 2.45) is 0 Å². The van der Waals surface area contributed by atoms with Gasteiger partial charge in [-0.3, -0.25) is 0 Å². The molecule has 1 heterocycles. The van der Waals surface area contributed by atoms with Crippen molar-refractivity contribution < 1.29 is 5.11 Å². The highest BCUT2D eigenvalue weighted by Gasteiger charge is 1.85. The van der Waals surface area contributed by atoms with Crippen LogP contribution >= 0.6 is 0 Å². The minimum Gasteiger partial charge on any atom is -0.505 e. The summed E-state index contributed by atoms with van der Waals surface area (Å²) in [5.74, 6) is 0.486. The van der Waals surface area contributed by atoms with Gasteiger partial charge in [0, 0.05) is 6.92 Å². The van der Waals surface area contributed by atoms with Crippen LogP contribution in [0.4, 0.5) is 0 Å². The highest BCUT2D eigenvalue weighted by Crippen LogP contribution is 1.99. The lowest BCUT2D eigenvalue weighted by Crippen LogP contribution is -1.82. The number of hydrogen-bond donors (Lipinski definition) is 1. The maximum atomic E-state index is 8.60. The topological polar surface area (TPSA) is 46.0 Å². The normalized spacial score (nSPS) is 9.12. The van der Waals surface area contributed by atoms with Crippen LogP contribution in [-0.4, -0.2) is 15.1 Å². The molecule has 0 saturated carbocycles. The van der Waals surface area contributed by atoms with Crippen molar-refractivity contribution in [1.82, 2.24) is 9.97 Å². The van der Waals surface area contributed by atoms with Crippen molar-refractivity contribution in [2.75, 3.05) is 0 Å². The van der Waals surface area contributed by atoms with E-state index in [9.17, 15) is 0 Å². The van der Waals surface area contributed by atoms with Gasteiger partial charge < -0.3 is 5.11 Å². The van der Waals surface area contributed by atoms with Crippen LogP contribution in [0.1, 0.15) is 5.82 Å². The Hall–Kier alpha value is -1.12. The minimum absolute atomic E-state index is 0.0670. The van der Waals surface area contributed by atoms with Crippen LogP contribution in [0.15, 0.2) is 12.4 Å². The van der Waals surface area contributed by atoms with Gasteiger partial charge in [0.15, 0.2) is 5.75 Å². The molecule has 1 N–H and O–H groups in total. The third kappa shape index (κ3) is 0.932.